The van der Waals surface area contributed by atoms with Gasteiger partial charge in [0.15, 0.2) is 0 Å². The molecule has 1 aromatic heterocycles. The van der Waals surface area contributed by atoms with Gasteiger partial charge in [0.1, 0.15) is 0 Å². The first kappa shape index (κ1) is 11.6. The number of fused-ring (bicyclic) bond motifs is 2. The molecule has 17 heavy (non-hydrogen) atoms. The van der Waals surface area contributed by atoms with Gasteiger partial charge >= 0.3 is 0 Å². The Morgan fingerprint density at radius 3 is 2.76 bits per heavy atom. The van der Waals surface area contributed by atoms with E-state index in [1.807, 2.05) is 0 Å². The van der Waals surface area contributed by atoms with E-state index in [-0.39, 0.29) is 0 Å². The van der Waals surface area contributed by atoms with Crippen molar-refractivity contribution in [2.75, 3.05) is 0 Å². The Bertz CT molecular complexity index is 418. The van der Waals surface area contributed by atoms with Crippen molar-refractivity contribution in [2.45, 2.75) is 64.3 Å². The monoisotopic (exact) mass is 252 g/mol. The molecule has 1 N–H and O–H groups in total. The zero-order chi connectivity index (χ0) is 12.0. The lowest BCUT2D eigenvalue weighted by Gasteiger charge is -2.24. The first-order valence-electron chi connectivity index (χ1n) is 6.49. The number of hydrogen-bond acceptors (Lipinski definition) is 4. The molecule has 4 atom stereocenters. The third kappa shape index (κ3) is 2.14. The van der Waals surface area contributed by atoms with Gasteiger partial charge < -0.3 is 10.1 Å². The van der Waals surface area contributed by atoms with Crippen molar-refractivity contribution >= 4 is 11.3 Å². The molecule has 2 bridgehead atoms. The van der Waals surface area contributed by atoms with Crippen LogP contribution >= 0.6 is 11.3 Å². The van der Waals surface area contributed by atoms with Crippen LogP contribution in [0.1, 0.15) is 47.8 Å². The lowest BCUT2D eigenvalue weighted by atomic mass is 9.94. The number of aryl methyl sites for hydroxylation is 2. The van der Waals surface area contributed by atoms with Crippen molar-refractivity contribution < 1.29 is 4.74 Å². The molecule has 4 unspecified atom stereocenters. The normalized spacial score (nSPS) is 33.2. The molecule has 0 aliphatic carbocycles. The highest BCUT2D eigenvalue weighted by Crippen LogP contribution is 2.35. The van der Waals surface area contributed by atoms with Gasteiger partial charge in [-0.2, -0.15) is 0 Å². The SMILES string of the molecule is Cc1nc(C(C)NC2CC3CCC2O3)c(C)s1. The second-order valence-electron chi connectivity index (χ2n) is 5.28. The van der Waals surface area contributed by atoms with Crippen LogP contribution in [0, 0.1) is 13.8 Å². The molecular weight excluding hydrogens is 232 g/mol. The summed E-state index contributed by atoms with van der Waals surface area (Å²) in [5, 5.41) is 4.86. The number of nitrogens with zero attached hydrogens (tertiary/aromatic N) is 1. The van der Waals surface area contributed by atoms with E-state index >= 15 is 0 Å². The van der Waals surface area contributed by atoms with Gasteiger partial charge in [-0.15, -0.1) is 11.3 Å². The predicted octanol–water partition coefficient (Wildman–Crippen LogP) is 2.73. The zero-order valence-electron chi connectivity index (χ0n) is 10.7. The van der Waals surface area contributed by atoms with E-state index in [0.717, 1.165) is 5.01 Å². The summed E-state index contributed by atoms with van der Waals surface area (Å²) in [4.78, 5) is 5.97. The Morgan fingerprint density at radius 2 is 2.24 bits per heavy atom. The predicted molar refractivity (Wildman–Crippen MR) is 69.4 cm³/mol. The molecule has 94 valence electrons. The third-order valence-electron chi connectivity index (χ3n) is 3.92. The molecule has 3 rings (SSSR count). The Balaban J connectivity index is 1.67. The minimum atomic E-state index is 0.341. The fourth-order valence-electron chi connectivity index (χ4n) is 3.16. The minimum Gasteiger partial charge on any atom is -0.373 e. The van der Waals surface area contributed by atoms with Crippen molar-refractivity contribution in [2.24, 2.45) is 0 Å². The maximum atomic E-state index is 5.88. The van der Waals surface area contributed by atoms with Crippen molar-refractivity contribution in [1.82, 2.24) is 10.3 Å². The third-order valence-corrected chi connectivity index (χ3v) is 4.82. The van der Waals surface area contributed by atoms with Crippen LogP contribution in [0.3, 0.4) is 0 Å². The fraction of sp³-hybridized carbons (Fsp3) is 0.769. The molecule has 2 saturated heterocycles. The molecule has 1 aromatic rings. The highest BCUT2D eigenvalue weighted by Gasteiger charge is 2.41. The van der Waals surface area contributed by atoms with Crippen LogP contribution < -0.4 is 5.32 Å². The number of thiazole rings is 1. The van der Waals surface area contributed by atoms with E-state index in [0.29, 0.717) is 24.3 Å². The van der Waals surface area contributed by atoms with Gasteiger partial charge in [0, 0.05) is 17.0 Å². The second-order valence-corrected chi connectivity index (χ2v) is 6.69. The van der Waals surface area contributed by atoms with E-state index in [4.69, 9.17) is 4.74 Å². The van der Waals surface area contributed by atoms with Crippen LogP contribution in [0.15, 0.2) is 0 Å². The summed E-state index contributed by atoms with van der Waals surface area (Å²) in [6.07, 6.45) is 4.62. The van der Waals surface area contributed by atoms with Gasteiger partial charge in [0.25, 0.3) is 0 Å². The molecular formula is C13H20N2OS. The molecule has 2 aliphatic rings. The molecule has 2 aliphatic heterocycles. The first-order valence-corrected chi connectivity index (χ1v) is 7.30. The van der Waals surface area contributed by atoms with Gasteiger partial charge in [0.05, 0.1) is 22.9 Å². The largest absolute Gasteiger partial charge is 0.373 e. The summed E-state index contributed by atoms with van der Waals surface area (Å²) in [5.74, 6) is 0. The van der Waals surface area contributed by atoms with Gasteiger partial charge in [-0.1, -0.05) is 0 Å². The number of hydrogen-bond donors (Lipinski definition) is 1. The Morgan fingerprint density at radius 1 is 1.41 bits per heavy atom. The van der Waals surface area contributed by atoms with Gasteiger partial charge in [-0.05, 0) is 40.0 Å². The van der Waals surface area contributed by atoms with E-state index < -0.39 is 0 Å². The minimum absolute atomic E-state index is 0.341. The number of nitrogens with one attached hydrogen (secondary N) is 1. The van der Waals surface area contributed by atoms with Gasteiger partial charge in [-0.25, -0.2) is 4.98 Å². The lowest BCUT2D eigenvalue weighted by Crippen LogP contribution is -2.39. The second kappa shape index (κ2) is 4.34. The highest BCUT2D eigenvalue weighted by molar-refractivity contribution is 7.11. The van der Waals surface area contributed by atoms with Gasteiger partial charge in [-0.3, -0.25) is 0 Å². The van der Waals surface area contributed by atoms with E-state index in [1.165, 1.54) is 29.8 Å². The zero-order valence-corrected chi connectivity index (χ0v) is 11.5. The number of rotatable bonds is 3. The van der Waals surface area contributed by atoms with Crippen LogP contribution in [0.25, 0.3) is 0 Å². The van der Waals surface area contributed by atoms with Gasteiger partial charge in [0.2, 0.25) is 0 Å². The summed E-state index contributed by atoms with van der Waals surface area (Å²) < 4.78 is 5.88. The maximum absolute atomic E-state index is 5.88. The quantitative estimate of drug-likeness (QED) is 0.898. The summed E-state index contributed by atoms with van der Waals surface area (Å²) >= 11 is 1.79. The molecule has 0 amide bonds. The molecule has 0 saturated carbocycles. The molecule has 3 nitrogen and oxygen atoms in total. The van der Waals surface area contributed by atoms with E-state index in [1.54, 1.807) is 11.3 Å². The smallest absolute Gasteiger partial charge is 0.0900 e. The van der Waals surface area contributed by atoms with Crippen LogP contribution in [0.4, 0.5) is 0 Å². The molecule has 0 aromatic carbocycles. The maximum Gasteiger partial charge on any atom is 0.0900 e. The Hall–Kier alpha value is -0.450. The Kier molecular flexibility index (Phi) is 2.97. The number of ether oxygens (including phenoxy) is 1. The average molecular weight is 252 g/mol. The van der Waals surface area contributed by atoms with Crippen LogP contribution in [-0.4, -0.2) is 23.2 Å². The summed E-state index contributed by atoms with van der Waals surface area (Å²) in [5.41, 5.74) is 1.22. The highest BCUT2D eigenvalue weighted by atomic mass is 32.1. The molecule has 3 heterocycles. The standard InChI is InChI=1S/C13H20N2OS/c1-7(13-8(2)17-9(3)15-13)14-11-6-10-4-5-12(11)16-10/h7,10-12,14H,4-6H2,1-3H3. The molecule has 2 fully saturated rings. The Labute approximate surface area is 107 Å². The summed E-state index contributed by atoms with van der Waals surface area (Å²) in [6, 6.07) is 0.873. The lowest BCUT2D eigenvalue weighted by molar-refractivity contribution is 0.0962. The molecule has 0 radical (unpaired) electrons. The van der Waals surface area contributed by atoms with Crippen molar-refractivity contribution in [1.29, 1.82) is 0 Å². The van der Waals surface area contributed by atoms with Crippen LogP contribution in [-0.2, 0) is 4.74 Å². The molecule has 4 heteroatoms. The summed E-state index contributed by atoms with van der Waals surface area (Å²) in [7, 11) is 0. The van der Waals surface area contributed by atoms with Crippen molar-refractivity contribution in [3.05, 3.63) is 15.6 Å². The van der Waals surface area contributed by atoms with Crippen molar-refractivity contribution in [3.63, 3.8) is 0 Å². The first-order chi connectivity index (χ1) is 8.13. The topological polar surface area (TPSA) is 34.2 Å². The fourth-order valence-corrected chi connectivity index (χ4v) is 4.07. The van der Waals surface area contributed by atoms with Crippen molar-refractivity contribution in [3.8, 4) is 0 Å². The van der Waals surface area contributed by atoms with E-state index in [9.17, 15) is 0 Å². The van der Waals surface area contributed by atoms with Crippen LogP contribution in [0.2, 0.25) is 0 Å². The summed E-state index contributed by atoms with van der Waals surface area (Å²) in [6.45, 7) is 6.46. The average Bonchev–Trinajstić information content (AvgIpc) is 2.93. The van der Waals surface area contributed by atoms with E-state index in [2.05, 4.69) is 31.1 Å². The van der Waals surface area contributed by atoms with Crippen LogP contribution in [0.5, 0.6) is 0 Å². The molecule has 0 spiro atoms. The number of aromatic nitrogens is 1.